The Kier molecular flexibility index (Phi) is 5.56. The number of nitrogens with one attached hydrogen (secondary N) is 1. The number of hydrogen-bond acceptors (Lipinski definition) is 4. The normalized spacial score (nSPS) is 12.6. The summed E-state index contributed by atoms with van der Waals surface area (Å²) in [7, 11) is -3.57. The van der Waals surface area contributed by atoms with Crippen LogP contribution in [-0.2, 0) is 21.2 Å². The minimum Gasteiger partial charge on any atom is -0.398 e. The maximum absolute atomic E-state index is 12.2. The van der Waals surface area contributed by atoms with Crippen LogP contribution in [-0.4, -0.2) is 27.2 Å². The lowest BCUT2D eigenvalue weighted by atomic mass is 10.1. The Morgan fingerprint density at radius 1 is 1.30 bits per heavy atom. The van der Waals surface area contributed by atoms with E-state index in [1.165, 1.54) is 6.07 Å². The summed E-state index contributed by atoms with van der Waals surface area (Å²) in [6.45, 7) is 8.27. The second-order valence-corrected chi connectivity index (χ2v) is 7.00. The lowest BCUT2D eigenvalue weighted by Crippen LogP contribution is -2.40. The number of aryl methyl sites for hydroxylation is 1. The van der Waals surface area contributed by atoms with Gasteiger partial charge in [0.05, 0.1) is 10.5 Å². The number of nitrogens with two attached hydrogens (primary N) is 1. The van der Waals surface area contributed by atoms with Crippen molar-refractivity contribution in [2.75, 3.05) is 18.9 Å². The summed E-state index contributed by atoms with van der Waals surface area (Å²) in [6, 6.07) is 4.82. The number of rotatable bonds is 7. The number of sulfonamides is 1. The zero-order valence-electron chi connectivity index (χ0n) is 12.6. The van der Waals surface area contributed by atoms with E-state index in [-0.39, 0.29) is 11.4 Å². The molecule has 0 atom stereocenters. The van der Waals surface area contributed by atoms with Crippen LogP contribution in [0.2, 0.25) is 0 Å². The summed E-state index contributed by atoms with van der Waals surface area (Å²) in [5.74, 6) is 0. The summed E-state index contributed by atoms with van der Waals surface area (Å²) in [6.07, 6.45) is 0.775. The molecule has 20 heavy (non-hydrogen) atoms. The summed E-state index contributed by atoms with van der Waals surface area (Å²) in [5, 5.41) is 0. The predicted molar refractivity (Wildman–Crippen MR) is 81.1 cm³/mol. The molecular weight excluding hydrogens is 276 g/mol. The largest absolute Gasteiger partial charge is 0.398 e. The molecule has 0 unspecified atom stereocenters. The van der Waals surface area contributed by atoms with Crippen LogP contribution in [0, 0.1) is 0 Å². The third kappa shape index (κ3) is 4.47. The fraction of sp³-hybridized carbons (Fsp3) is 0.571. The van der Waals surface area contributed by atoms with Gasteiger partial charge in [0.2, 0.25) is 10.0 Å². The molecule has 0 fully saturated rings. The molecule has 0 spiro atoms. The molecule has 0 aliphatic heterocycles. The Hall–Kier alpha value is -1.11. The van der Waals surface area contributed by atoms with E-state index in [2.05, 4.69) is 4.72 Å². The van der Waals surface area contributed by atoms with E-state index in [0.717, 1.165) is 12.0 Å². The minimum atomic E-state index is -3.57. The quantitative estimate of drug-likeness (QED) is 0.754. The zero-order valence-corrected chi connectivity index (χ0v) is 13.4. The fourth-order valence-electron chi connectivity index (χ4n) is 1.86. The Morgan fingerprint density at radius 3 is 2.45 bits per heavy atom. The van der Waals surface area contributed by atoms with Crippen LogP contribution in [0.1, 0.15) is 33.3 Å². The number of benzene rings is 1. The van der Waals surface area contributed by atoms with Gasteiger partial charge in [-0.15, -0.1) is 0 Å². The van der Waals surface area contributed by atoms with E-state index in [0.29, 0.717) is 12.3 Å². The van der Waals surface area contributed by atoms with Crippen LogP contribution >= 0.6 is 0 Å². The molecule has 0 bridgehead atoms. The molecular formula is C14H24N2O3S. The van der Waals surface area contributed by atoms with Crippen molar-refractivity contribution in [2.24, 2.45) is 0 Å². The van der Waals surface area contributed by atoms with Crippen molar-refractivity contribution in [2.45, 2.75) is 44.6 Å². The van der Waals surface area contributed by atoms with Gasteiger partial charge < -0.3 is 10.5 Å². The van der Waals surface area contributed by atoms with Crippen LogP contribution in [0.25, 0.3) is 0 Å². The highest BCUT2D eigenvalue weighted by Crippen LogP contribution is 2.19. The van der Waals surface area contributed by atoms with E-state index in [1.54, 1.807) is 12.1 Å². The number of anilines is 1. The third-order valence-electron chi connectivity index (χ3n) is 3.03. The maximum Gasteiger partial charge on any atom is 0.240 e. The van der Waals surface area contributed by atoms with Gasteiger partial charge in [0, 0.05) is 18.8 Å². The molecule has 0 amide bonds. The first-order chi connectivity index (χ1) is 9.22. The topological polar surface area (TPSA) is 81.4 Å². The van der Waals surface area contributed by atoms with Crippen molar-refractivity contribution >= 4 is 15.7 Å². The molecule has 0 aliphatic carbocycles. The molecule has 5 nitrogen and oxygen atoms in total. The summed E-state index contributed by atoms with van der Waals surface area (Å²) >= 11 is 0. The van der Waals surface area contributed by atoms with E-state index in [1.807, 2.05) is 27.7 Å². The van der Waals surface area contributed by atoms with Crippen molar-refractivity contribution in [3.63, 3.8) is 0 Å². The van der Waals surface area contributed by atoms with Crippen LogP contribution in [0.15, 0.2) is 23.1 Å². The highest BCUT2D eigenvalue weighted by atomic mass is 32.2. The molecule has 0 radical (unpaired) electrons. The van der Waals surface area contributed by atoms with Gasteiger partial charge in [0.1, 0.15) is 0 Å². The molecule has 0 aliphatic rings. The monoisotopic (exact) mass is 300 g/mol. The maximum atomic E-state index is 12.2. The molecule has 0 heterocycles. The molecule has 1 rings (SSSR count). The van der Waals surface area contributed by atoms with E-state index >= 15 is 0 Å². The highest BCUT2D eigenvalue weighted by Gasteiger charge is 2.22. The van der Waals surface area contributed by atoms with Gasteiger partial charge in [-0.05, 0) is 44.9 Å². The number of nitrogen functional groups attached to an aromatic ring is 1. The van der Waals surface area contributed by atoms with Gasteiger partial charge in [-0.25, -0.2) is 13.1 Å². The molecule has 6 heteroatoms. The average molecular weight is 300 g/mol. The van der Waals surface area contributed by atoms with Gasteiger partial charge in [-0.2, -0.15) is 0 Å². The molecule has 0 saturated carbocycles. The van der Waals surface area contributed by atoms with Gasteiger partial charge in [0.25, 0.3) is 0 Å². The lowest BCUT2D eigenvalue weighted by molar-refractivity contribution is -0.00514. The predicted octanol–water partition coefficient (Wildman–Crippen LogP) is 1.92. The van der Waals surface area contributed by atoms with E-state index in [4.69, 9.17) is 10.5 Å². The van der Waals surface area contributed by atoms with Gasteiger partial charge >= 0.3 is 0 Å². The standard InChI is InChI=1S/C14H24N2O3S/c1-5-11-7-8-12(9-13(11)15)20(17,18)16-10-14(3,4)19-6-2/h7-9,16H,5-6,10,15H2,1-4H3. The second kappa shape index (κ2) is 6.56. The molecule has 0 aromatic heterocycles. The van der Waals surface area contributed by atoms with Crippen molar-refractivity contribution < 1.29 is 13.2 Å². The van der Waals surface area contributed by atoms with Crippen LogP contribution < -0.4 is 10.5 Å². The fourth-order valence-corrected chi connectivity index (χ4v) is 3.09. The van der Waals surface area contributed by atoms with Crippen LogP contribution in [0.5, 0.6) is 0 Å². The van der Waals surface area contributed by atoms with Crippen molar-refractivity contribution in [1.29, 1.82) is 0 Å². The van der Waals surface area contributed by atoms with Crippen molar-refractivity contribution in [3.8, 4) is 0 Å². The molecule has 1 aromatic rings. The first-order valence-corrected chi connectivity index (χ1v) is 8.22. The minimum absolute atomic E-state index is 0.180. The Balaban J connectivity index is 2.87. The van der Waals surface area contributed by atoms with Crippen LogP contribution in [0.3, 0.4) is 0 Å². The Bertz CT molecular complexity index is 554. The smallest absolute Gasteiger partial charge is 0.240 e. The van der Waals surface area contributed by atoms with Crippen LogP contribution in [0.4, 0.5) is 5.69 Å². The first-order valence-electron chi connectivity index (χ1n) is 6.74. The summed E-state index contributed by atoms with van der Waals surface area (Å²) in [5.41, 5.74) is 6.74. The third-order valence-corrected chi connectivity index (χ3v) is 4.43. The summed E-state index contributed by atoms with van der Waals surface area (Å²) in [4.78, 5) is 0.180. The lowest BCUT2D eigenvalue weighted by Gasteiger charge is -2.24. The van der Waals surface area contributed by atoms with Crippen molar-refractivity contribution in [3.05, 3.63) is 23.8 Å². The van der Waals surface area contributed by atoms with Gasteiger partial charge in [-0.1, -0.05) is 13.0 Å². The molecule has 1 aromatic carbocycles. The number of hydrogen-bond donors (Lipinski definition) is 2. The average Bonchev–Trinajstić information content (AvgIpc) is 2.36. The summed E-state index contributed by atoms with van der Waals surface area (Å²) < 4.78 is 32.5. The number of ether oxygens (including phenoxy) is 1. The van der Waals surface area contributed by atoms with Gasteiger partial charge in [0.15, 0.2) is 0 Å². The molecule has 3 N–H and O–H groups in total. The Morgan fingerprint density at radius 2 is 1.95 bits per heavy atom. The molecule has 114 valence electrons. The van der Waals surface area contributed by atoms with E-state index < -0.39 is 15.6 Å². The molecule has 0 saturated heterocycles. The SMILES string of the molecule is CCOC(C)(C)CNS(=O)(=O)c1ccc(CC)c(N)c1. The second-order valence-electron chi connectivity index (χ2n) is 5.23. The Labute approximate surface area is 121 Å². The zero-order chi connectivity index (χ0) is 15.4. The first kappa shape index (κ1) is 16.9. The van der Waals surface area contributed by atoms with Crippen molar-refractivity contribution in [1.82, 2.24) is 4.72 Å². The van der Waals surface area contributed by atoms with Gasteiger partial charge in [-0.3, -0.25) is 0 Å². The highest BCUT2D eigenvalue weighted by molar-refractivity contribution is 7.89. The van der Waals surface area contributed by atoms with E-state index in [9.17, 15) is 8.42 Å².